The van der Waals surface area contributed by atoms with Crippen molar-refractivity contribution >= 4 is 46.2 Å². The molecule has 47 heavy (non-hydrogen) atoms. The van der Waals surface area contributed by atoms with Crippen molar-refractivity contribution in [2.75, 3.05) is 18.6 Å². The second-order valence-electron chi connectivity index (χ2n) is 10.7. The molecule has 0 spiro atoms. The van der Waals surface area contributed by atoms with Crippen molar-refractivity contribution in [2.45, 2.75) is 34.2 Å². The van der Waals surface area contributed by atoms with E-state index < -0.39 is 39.9 Å². The van der Waals surface area contributed by atoms with Gasteiger partial charge in [0.05, 0.1) is 10.8 Å². The number of hydrogen-bond acceptors (Lipinski definition) is 11. The maximum atomic E-state index is 14.3. The van der Waals surface area contributed by atoms with Gasteiger partial charge in [0.1, 0.15) is 11.1 Å². The molecule has 1 N–H and O–H groups in total. The number of aromatic nitrogens is 4. The first-order valence-corrected chi connectivity index (χ1v) is 17.8. The zero-order chi connectivity index (χ0) is 33.0. The van der Waals surface area contributed by atoms with Crippen molar-refractivity contribution in [1.29, 1.82) is 0 Å². The van der Waals surface area contributed by atoms with E-state index in [0.29, 0.717) is 32.0 Å². The van der Waals surface area contributed by atoms with Crippen LogP contribution in [0.2, 0.25) is 0 Å². The van der Waals surface area contributed by atoms with Gasteiger partial charge in [0.25, 0.3) is 5.91 Å². The Balaban J connectivity index is 1.32. The summed E-state index contributed by atoms with van der Waals surface area (Å²) in [6.45, 7) is 1.72. The fraction of sp³-hybridized carbons (Fsp3) is 0.242. The molecule has 242 valence electrons. The van der Waals surface area contributed by atoms with Crippen LogP contribution in [0.15, 0.2) is 123 Å². The molecular weight excluding hydrogens is 657 g/mol. The zero-order valence-corrected chi connectivity index (χ0v) is 28.3. The predicted molar refractivity (Wildman–Crippen MR) is 180 cm³/mol. The number of nitrogens with zero attached hydrogens (tertiary/aromatic N) is 5. The molecule has 2 aliphatic rings. The quantitative estimate of drug-likeness (QED) is 0.0984. The Morgan fingerprint density at radius 1 is 1.09 bits per heavy atom. The number of methoxy groups -OCH3 is 1. The summed E-state index contributed by atoms with van der Waals surface area (Å²) in [5.74, 6) is -0.317. The fourth-order valence-electron chi connectivity index (χ4n) is 5.30. The van der Waals surface area contributed by atoms with Gasteiger partial charge in [-0.3, -0.25) is 9.69 Å². The van der Waals surface area contributed by atoms with Crippen LogP contribution in [0.3, 0.4) is 0 Å². The second-order valence-corrected chi connectivity index (χ2v) is 14.4. The first kappa shape index (κ1) is 32.7. The molecule has 1 unspecified atom stereocenters. The number of β-lactam (4-membered cyclic amide) rings is 1. The number of carbonyl (C=O) groups is 2. The van der Waals surface area contributed by atoms with E-state index in [0.717, 1.165) is 11.1 Å². The minimum absolute atomic E-state index is 0.168. The Kier molecular flexibility index (Phi) is 9.92. The molecule has 3 atom stereocenters. The molecule has 3 heterocycles. The van der Waals surface area contributed by atoms with Gasteiger partial charge in [-0.15, -0.1) is 16.9 Å². The topological polar surface area (TPSA) is 129 Å². The van der Waals surface area contributed by atoms with E-state index in [9.17, 15) is 13.8 Å². The van der Waals surface area contributed by atoms with E-state index in [1.165, 1.54) is 35.5 Å². The van der Waals surface area contributed by atoms with E-state index >= 15 is 0 Å². The van der Waals surface area contributed by atoms with Gasteiger partial charge in [-0.2, -0.15) is 0 Å². The van der Waals surface area contributed by atoms with Crippen LogP contribution < -0.4 is 5.32 Å². The number of nitrogens with one attached hydrogen (secondary N) is 1. The van der Waals surface area contributed by atoms with Crippen molar-refractivity contribution in [2.24, 2.45) is 7.05 Å². The molecule has 0 bridgehead atoms. The summed E-state index contributed by atoms with van der Waals surface area (Å²) < 4.78 is 26.8. The third-order valence-electron chi connectivity index (χ3n) is 7.75. The first-order valence-electron chi connectivity index (χ1n) is 14.6. The fourth-order valence-corrected chi connectivity index (χ4v) is 8.68. The highest BCUT2D eigenvalue weighted by Gasteiger charge is 2.66. The lowest BCUT2D eigenvalue weighted by Crippen LogP contribution is -2.79. The van der Waals surface area contributed by atoms with Crippen LogP contribution in [0.1, 0.15) is 24.2 Å². The lowest BCUT2D eigenvalue weighted by molar-refractivity contribution is -0.189. The van der Waals surface area contributed by atoms with Crippen LogP contribution in [0, 0.1) is 0 Å². The number of benzene rings is 3. The molecule has 1 amide bonds. The predicted octanol–water partition coefficient (Wildman–Crippen LogP) is 4.41. The number of carbonyl (C=O) groups excluding carboxylic acids is 2. The number of hydrogen-bond donors (Lipinski definition) is 1. The van der Waals surface area contributed by atoms with Gasteiger partial charge in [0.15, 0.2) is 6.10 Å². The SMILES string of the molecule is CO[C@@]1(N/C=C(\C)S(=O)c2ccccc2)C(=O)N2C(C(=O)OC(c3ccccc3)c3ccccc3)=C(CSc3nnnn3C)CS[C@@H]21. The molecular formula is C33H32N6O5S3. The van der Waals surface area contributed by atoms with Crippen LogP contribution in [0.4, 0.5) is 0 Å². The zero-order valence-electron chi connectivity index (χ0n) is 25.8. The number of aryl methyl sites for hydroxylation is 1. The summed E-state index contributed by atoms with van der Waals surface area (Å²) in [5.41, 5.74) is 0.985. The van der Waals surface area contributed by atoms with Gasteiger partial charge in [0, 0.05) is 41.7 Å². The summed E-state index contributed by atoms with van der Waals surface area (Å²) in [6.07, 6.45) is 0.847. The molecule has 0 saturated carbocycles. The van der Waals surface area contributed by atoms with Gasteiger partial charge in [-0.1, -0.05) is 90.6 Å². The molecule has 1 aromatic heterocycles. The molecule has 0 radical (unpaired) electrons. The number of esters is 1. The first-order chi connectivity index (χ1) is 22.8. The van der Waals surface area contributed by atoms with Crippen molar-refractivity contribution in [3.05, 3.63) is 124 Å². The molecule has 0 aliphatic carbocycles. The lowest BCUT2D eigenvalue weighted by Gasteiger charge is -2.56. The number of fused-ring (bicyclic) bond motifs is 1. The normalized spacial score (nSPS) is 20.1. The minimum atomic E-state index is -1.48. The number of amides is 1. The third-order valence-corrected chi connectivity index (χ3v) is 11.6. The monoisotopic (exact) mass is 688 g/mol. The second kappa shape index (κ2) is 14.3. The Morgan fingerprint density at radius 2 is 1.70 bits per heavy atom. The van der Waals surface area contributed by atoms with Gasteiger partial charge in [0.2, 0.25) is 10.9 Å². The molecule has 3 aromatic carbocycles. The van der Waals surface area contributed by atoms with E-state index in [-0.39, 0.29) is 5.70 Å². The van der Waals surface area contributed by atoms with Gasteiger partial charge < -0.3 is 14.8 Å². The van der Waals surface area contributed by atoms with Gasteiger partial charge in [-0.25, -0.2) is 13.7 Å². The van der Waals surface area contributed by atoms with Crippen molar-refractivity contribution in [3.8, 4) is 0 Å². The highest BCUT2D eigenvalue weighted by Crippen LogP contribution is 2.48. The summed E-state index contributed by atoms with van der Waals surface area (Å²) in [5, 5.41) is 14.7. The Morgan fingerprint density at radius 3 is 2.28 bits per heavy atom. The van der Waals surface area contributed by atoms with E-state index in [4.69, 9.17) is 9.47 Å². The standard InChI is InChI=1S/C33H32N6O5S3/c1-22(47(42)26-17-11-6-12-18-26)19-34-33(43-3)30(41)39-27(25(20-45-31(33)39)21-46-32-35-36-37-38(32)2)29(40)44-28(23-13-7-4-8-14-23)24-15-9-5-10-16-24/h4-19,28,31,34H,20-21H2,1-3H3/b22-19+/t31-,33+,47?/m1/s1. The molecule has 11 nitrogen and oxygen atoms in total. The molecule has 14 heteroatoms. The minimum Gasteiger partial charge on any atom is -0.448 e. The van der Waals surface area contributed by atoms with Crippen molar-refractivity contribution in [1.82, 2.24) is 30.4 Å². The summed E-state index contributed by atoms with van der Waals surface area (Å²) in [6, 6.07) is 28.0. The molecule has 1 saturated heterocycles. The summed E-state index contributed by atoms with van der Waals surface area (Å²) in [4.78, 5) is 31.0. The highest BCUT2D eigenvalue weighted by molar-refractivity contribution is 8.01. The number of rotatable bonds is 12. The number of thioether (sulfide) groups is 2. The molecule has 1 fully saturated rings. The number of tetrazole rings is 1. The average molecular weight is 689 g/mol. The van der Waals surface area contributed by atoms with Crippen LogP contribution in [0.25, 0.3) is 0 Å². The van der Waals surface area contributed by atoms with Crippen LogP contribution in [-0.2, 0) is 36.9 Å². The van der Waals surface area contributed by atoms with Gasteiger partial charge >= 0.3 is 5.97 Å². The van der Waals surface area contributed by atoms with Crippen molar-refractivity contribution < 1.29 is 23.3 Å². The van der Waals surface area contributed by atoms with Gasteiger partial charge in [-0.05, 0) is 46.2 Å². The van der Waals surface area contributed by atoms with Crippen LogP contribution in [-0.4, -0.2) is 70.9 Å². The molecule has 6 rings (SSSR count). The van der Waals surface area contributed by atoms with Crippen LogP contribution >= 0.6 is 23.5 Å². The van der Waals surface area contributed by atoms with Crippen LogP contribution in [0.5, 0.6) is 0 Å². The smallest absolute Gasteiger partial charge is 0.356 e. The highest BCUT2D eigenvalue weighted by atomic mass is 32.2. The summed E-state index contributed by atoms with van der Waals surface area (Å²) >= 11 is 2.82. The Hall–Kier alpha value is -4.24. The number of ether oxygens (including phenoxy) is 2. The van der Waals surface area contributed by atoms with E-state index in [1.807, 2.05) is 78.9 Å². The maximum absolute atomic E-state index is 14.3. The van der Waals surface area contributed by atoms with E-state index in [1.54, 1.807) is 37.0 Å². The largest absolute Gasteiger partial charge is 0.448 e. The maximum Gasteiger partial charge on any atom is 0.356 e. The lowest BCUT2D eigenvalue weighted by atomic mass is 9.98. The molecule has 4 aromatic rings. The van der Waals surface area contributed by atoms with E-state index in [2.05, 4.69) is 20.8 Å². The Bertz CT molecular complexity index is 1800. The molecule has 2 aliphatic heterocycles. The summed E-state index contributed by atoms with van der Waals surface area (Å²) in [7, 11) is 1.74. The Labute approximate surface area is 283 Å². The number of allylic oxidation sites excluding steroid dienone is 1. The van der Waals surface area contributed by atoms with Crippen molar-refractivity contribution in [3.63, 3.8) is 0 Å². The third kappa shape index (κ3) is 6.50. The average Bonchev–Trinajstić information content (AvgIpc) is 3.54.